The zero-order valence-electron chi connectivity index (χ0n) is 10.9. The molecule has 22 heavy (non-hydrogen) atoms. The molecule has 3 rings (SSSR count). The number of halogens is 2. The average Bonchev–Trinajstić information content (AvgIpc) is 2.97. The van der Waals surface area contributed by atoms with Crippen LogP contribution in [0, 0.1) is 11.6 Å². The summed E-state index contributed by atoms with van der Waals surface area (Å²) in [6.07, 6.45) is -1.17. The highest BCUT2D eigenvalue weighted by Gasteiger charge is 2.31. The van der Waals surface area contributed by atoms with Gasteiger partial charge in [-0.05, 0) is 24.3 Å². The predicted molar refractivity (Wildman–Crippen MR) is 68.2 cm³/mol. The van der Waals surface area contributed by atoms with Crippen LogP contribution in [0.2, 0.25) is 0 Å². The number of hydrogen-bond acceptors (Lipinski definition) is 5. The zero-order valence-corrected chi connectivity index (χ0v) is 10.9. The van der Waals surface area contributed by atoms with Crippen molar-refractivity contribution in [3.63, 3.8) is 0 Å². The second kappa shape index (κ2) is 5.68. The van der Waals surface area contributed by atoms with Crippen molar-refractivity contribution in [1.82, 2.24) is 0 Å². The first kappa shape index (κ1) is 14.4. The topological polar surface area (TPSA) is 68.2 Å². The minimum Gasteiger partial charge on any atom is -0.478 e. The van der Waals surface area contributed by atoms with Crippen LogP contribution in [0.4, 0.5) is 14.5 Å². The monoisotopic (exact) mass is 309 g/mol. The van der Waals surface area contributed by atoms with E-state index in [1.165, 1.54) is 24.3 Å². The van der Waals surface area contributed by atoms with Crippen LogP contribution in [0.5, 0.6) is 0 Å². The van der Waals surface area contributed by atoms with E-state index >= 15 is 0 Å². The molecule has 0 aliphatic carbocycles. The van der Waals surface area contributed by atoms with Crippen LogP contribution >= 0.6 is 0 Å². The molecule has 0 aromatic heterocycles. The van der Waals surface area contributed by atoms with Crippen LogP contribution in [-0.4, -0.2) is 11.1 Å². The molecule has 1 fully saturated rings. The lowest BCUT2D eigenvalue weighted by molar-refractivity contribution is -0.286. The third-order valence-corrected chi connectivity index (χ3v) is 2.94. The minimum absolute atomic E-state index is 0.0811. The maximum atomic E-state index is 13.6. The summed E-state index contributed by atoms with van der Waals surface area (Å²) in [5.41, 5.74) is -0.373. The number of benzene rings is 2. The highest BCUT2D eigenvalue weighted by Crippen LogP contribution is 2.32. The summed E-state index contributed by atoms with van der Waals surface area (Å²) in [5, 5.41) is 9.62. The second-order valence-corrected chi connectivity index (χ2v) is 4.36. The van der Waals surface area contributed by atoms with E-state index in [0.29, 0.717) is 0 Å². The van der Waals surface area contributed by atoms with Gasteiger partial charge in [-0.25, -0.2) is 18.4 Å². The summed E-state index contributed by atoms with van der Waals surface area (Å²) in [6, 6.07) is 8.95. The molecule has 1 N–H and O–H groups in total. The maximum absolute atomic E-state index is 13.6. The van der Waals surface area contributed by atoms with Crippen molar-refractivity contribution in [1.29, 1.82) is 0 Å². The average molecular weight is 309 g/mol. The summed E-state index contributed by atoms with van der Waals surface area (Å²) >= 11 is 0. The van der Waals surface area contributed by atoms with Crippen LogP contribution in [-0.2, 0) is 14.7 Å². The molecule has 1 aliphatic heterocycles. The molecular formula is C14H9F2NO5. The molecule has 114 valence electrons. The SMILES string of the molecule is O=C(O)c1cc(N2OOC(c3ccccc3F)O2)ccc1F. The predicted octanol–water partition coefficient (Wildman–Crippen LogP) is 2.98. The number of carboxylic acid groups (broad SMARTS) is 1. The Morgan fingerprint density at radius 1 is 1.14 bits per heavy atom. The molecular weight excluding hydrogens is 300 g/mol. The molecule has 0 amide bonds. The Balaban J connectivity index is 1.83. The van der Waals surface area contributed by atoms with Crippen molar-refractivity contribution in [3.05, 3.63) is 65.2 Å². The lowest BCUT2D eigenvalue weighted by Crippen LogP contribution is -2.16. The molecule has 1 atom stereocenters. The van der Waals surface area contributed by atoms with E-state index in [-0.39, 0.29) is 11.3 Å². The van der Waals surface area contributed by atoms with Crippen LogP contribution in [0.1, 0.15) is 22.2 Å². The zero-order chi connectivity index (χ0) is 15.7. The Bertz CT molecular complexity index is 724. The highest BCUT2D eigenvalue weighted by molar-refractivity contribution is 5.89. The van der Waals surface area contributed by atoms with Crippen LogP contribution < -0.4 is 5.23 Å². The van der Waals surface area contributed by atoms with E-state index in [4.69, 9.17) is 19.8 Å². The van der Waals surface area contributed by atoms with Crippen molar-refractivity contribution < 1.29 is 33.4 Å². The largest absolute Gasteiger partial charge is 0.478 e. The van der Waals surface area contributed by atoms with Gasteiger partial charge in [0.1, 0.15) is 11.6 Å². The fraction of sp³-hybridized carbons (Fsp3) is 0.0714. The van der Waals surface area contributed by atoms with E-state index in [1.54, 1.807) is 6.07 Å². The molecule has 0 radical (unpaired) electrons. The summed E-state index contributed by atoms with van der Waals surface area (Å²) in [7, 11) is 0. The number of nitrogens with zero attached hydrogens (tertiary/aromatic N) is 1. The normalized spacial score (nSPS) is 17.7. The quantitative estimate of drug-likeness (QED) is 0.879. The number of carboxylic acids is 1. The van der Waals surface area contributed by atoms with Crippen LogP contribution in [0.25, 0.3) is 0 Å². The Kier molecular flexibility index (Phi) is 3.72. The van der Waals surface area contributed by atoms with Gasteiger partial charge >= 0.3 is 5.97 Å². The molecule has 1 saturated heterocycles. The molecule has 8 heteroatoms. The van der Waals surface area contributed by atoms with Gasteiger partial charge in [-0.1, -0.05) is 28.4 Å². The number of carbonyl (C=O) groups is 1. The van der Waals surface area contributed by atoms with Gasteiger partial charge in [0.15, 0.2) is 0 Å². The van der Waals surface area contributed by atoms with Crippen molar-refractivity contribution in [2.24, 2.45) is 0 Å². The van der Waals surface area contributed by atoms with Gasteiger partial charge in [0.2, 0.25) is 6.29 Å². The third kappa shape index (κ3) is 2.62. The number of aromatic carboxylic acids is 1. The fourth-order valence-corrected chi connectivity index (χ4v) is 1.87. The standard InChI is InChI=1S/C14H9F2NO5/c15-11-4-2-1-3-9(11)14-20-17(22-21-14)8-5-6-12(16)10(7-8)13(18)19/h1-7,14H,(H,18,19). The molecule has 0 saturated carbocycles. The van der Waals surface area contributed by atoms with E-state index in [1.807, 2.05) is 0 Å². The molecule has 0 bridgehead atoms. The van der Waals surface area contributed by atoms with Gasteiger partial charge < -0.3 is 5.11 Å². The molecule has 1 aliphatic rings. The van der Waals surface area contributed by atoms with Gasteiger partial charge in [-0.15, -0.1) is 0 Å². The van der Waals surface area contributed by atoms with Crippen molar-refractivity contribution in [2.75, 3.05) is 5.23 Å². The van der Waals surface area contributed by atoms with Crippen LogP contribution in [0.15, 0.2) is 42.5 Å². The first-order chi connectivity index (χ1) is 10.6. The van der Waals surface area contributed by atoms with Gasteiger partial charge in [-0.2, -0.15) is 4.89 Å². The van der Waals surface area contributed by atoms with E-state index in [0.717, 1.165) is 17.4 Å². The van der Waals surface area contributed by atoms with Gasteiger partial charge in [-0.3, -0.25) is 0 Å². The Morgan fingerprint density at radius 3 is 2.64 bits per heavy atom. The first-order valence-electron chi connectivity index (χ1n) is 6.14. The van der Waals surface area contributed by atoms with Gasteiger partial charge in [0.25, 0.3) is 0 Å². The van der Waals surface area contributed by atoms with Crippen molar-refractivity contribution >= 4 is 11.7 Å². The Labute approximate surface area is 122 Å². The number of hydrogen-bond donors (Lipinski definition) is 1. The van der Waals surface area contributed by atoms with Crippen LogP contribution in [0.3, 0.4) is 0 Å². The molecule has 1 heterocycles. The lowest BCUT2D eigenvalue weighted by Gasteiger charge is -2.12. The minimum atomic E-state index is -1.44. The summed E-state index contributed by atoms with van der Waals surface area (Å²) < 4.78 is 27.0. The van der Waals surface area contributed by atoms with E-state index in [9.17, 15) is 13.6 Å². The highest BCUT2D eigenvalue weighted by atomic mass is 19.1. The van der Waals surface area contributed by atoms with E-state index in [2.05, 4.69) is 0 Å². The Hall–Kier alpha value is -2.55. The van der Waals surface area contributed by atoms with Gasteiger partial charge in [0, 0.05) is 5.56 Å². The molecule has 2 aromatic carbocycles. The molecule has 6 nitrogen and oxygen atoms in total. The summed E-state index contributed by atoms with van der Waals surface area (Å²) in [4.78, 5) is 25.7. The molecule has 2 aromatic rings. The smallest absolute Gasteiger partial charge is 0.338 e. The lowest BCUT2D eigenvalue weighted by atomic mass is 10.2. The van der Waals surface area contributed by atoms with Gasteiger partial charge in [0.05, 0.1) is 11.3 Å². The Morgan fingerprint density at radius 2 is 1.91 bits per heavy atom. The second-order valence-electron chi connectivity index (χ2n) is 4.36. The van der Waals surface area contributed by atoms with Crippen molar-refractivity contribution in [3.8, 4) is 0 Å². The van der Waals surface area contributed by atoms with E-state index < -0.39 is 29.5 Å². The number of rotatable bonds is 3. The molecule has 1 unspecified atom stereocenters. The first-order valence-corrected chi connectivity index (χ1v) is 6.14. The summed E-state index contributed by atoms with van der Waals surface area (Å²) in [6.45, 7) is 0. The maximum Gasteiger partial charge on any atom is 0.338 e. The number of anilines is 1. The summed E-state index contributed by atoms with van der Waals surface area (Å²) in [5.74, 6) is -2.89. The third-order valence-electron chi connectivity index (χ3n) is 2.94. The fourth-order valence-electron chi connectivity index (χ4n) is 1.87. The van der Waals surface area contributed by atoms with Crippen molar-refractivity contribution in [2.45, 2.75) is 6.29 Å². The molecule has 0 spiro atoms.